The maximum absolute atomic E-state index is 10.6. The van der Waals surface area contributed by atoms with Crippen LogP contribution in [0.25, 0.3) is 0 Å². The molecular formula is C7H16O2Si. The average molecular weight is 160 g/mol. The summed E-state index contributed by atoms with van der Waals surface area (Å²) in [5, 5.41) is 0. The van der Waals surface area contributed by atoms with E-state index in [1.807, 2.05) is 0 Å². The van der Waals surface area contributed by atoms with Crippen molar-refractivity contribution in [1.29, 1.82) is 0 Å². The highest BCUT2D eigenvalue weighted by molar-refractivity contribution is 6.73. The highest BCUT2D eigenvalue weighted by Gasteiger charge is 2.29. The molecule has 0 N–H and O–H groups in total. The van der Waals surface area contributed by atoms with Crippen molar-refractivity contribution < 1.29 is 9.22 Å². The predicted octanol–water partition coefficient (Wildman–Crippen LogP) is 2.16. The Hall–Kier alpha value is -0.313. The summed E-state index contributed by atoms with van der Waals surface area (Å²) in [5.41, 5.74) is 0.497. The van der Waals surface area contributed by atoms with E-state index in [0.717, 1.165) is 0 Å². The number of rotatable bonds is 2. The molecule has 0 saturated carbocycles. The molecule has 60 valence electrons. The van der Waals surface area contributed by atoms with Crippen LogP contribution in [-0.2, 0) is 9.22 Å². The van der Waals surface area contributed by atoms with Crippen molar-refractivity contribution in [3.63, 3.8) is 0 Å². The Labute approximate surface area is 63.7 Å². The summed E-state index contributed by atoms with van der Waals surface area (Å²) in [6.45, 7) is 9.76. The summed E-state index contributed by atoms with van der Waals surface area (Å²) in [6, 6.07) is 0. The molecule has 0 aliphatic heterocycles. The minimum Gasteiger partial charge on any atom is -0.520 e. The molecular weight excluding hydrogens is 144 g/mol. The Morgan fingerprint density at radius 2 is 1.80 bits per heavy atom. The van der Waals surface area contributed by atoms with Crippen molar-refractivity contribution in [2.45, 2.75) is 39.4 Å². The van der Waals surface area contributed by atoms with Gasteiger partial charge in [-0.1, -0.05) is 13.8 Å². The lowest BCUT2D eigenvalue weighted by atomic mass is 10.6. The first-order chi connectivity index (χ1) is 4.36. The summed E-state index contributed by atoms with van der Waals surface area (Å²) in [6.07, 6.45) is 0. The molecule has 0 aliphatic rings. The van der Waals surface area contributed by atoms with Crippen LogP contribution in [-0.4, -0.2) is 14.3 Å². The molecule has 0 spiro atoms. The molecule has 0 aromatic rings. The van der Waals surface area contributed by atoms with Gasteiger partial charge in [0.25, 0.3) is 14.3 Å². The van der Waals surface area contributed by atoms with E-state index in [4.69, 9.17) is 4.43 Å². The van der Waals surface area contributed by atoms with Gasteiger partial charge in [-0.15, -0.1) is 0 Å². The molecule has 0 amide bonds. The summed E-state index contributed by atoms with van der Waals surface area (Å²) in [5.74, 6) is -0.148. The van der Waals surface area contributed by atoms with Crippen LogP contribution in [0.4, 0.5) is 0 Å². The monoisotopic (exact) mass is 160 g/mol. The SMILES string of the molecule is CC(=O)O[Si](C)(C)C(C)C. The maximum Gasteiger partial charge on any atom is 0.289 e. The van der Waals surface area contributed by atoms with Crippen LogP contribution in [0.3, 0.4) is 0 Å². The zero-order chi connectivity index (χ0) is 8.36. The van der Waals surface area contributed by atoms with E-state index in [1.165, 1.54) is 6.92 Å². The van der Waals surface area contributed by atoms with Crippen molar-refractivity contribution in [2.24, 2.45) is 0 Å². The van der Waals surface area contributed by atoms with Gasteiger partial charge in [0.05, 0.1) is 0 Å². The smallest absolute Gasteiger partial charge is 0.289 e. The number of hydrogen-bond acceptors (Lipinski definition) is 2. The highest BCUT2D eigenvalue weighted by atomic mass is 28.4. The Kier molecular flexibility index (Phi) is 3.09. The van der Waals surface area contributed by atoms with E-state index < -0.39 is 8.32 Å². The molecule has 3 heteroatoms. The van der Waals surface area contributed by atoms with Crippen LogP contribution in [0.5, 0.6) is 0 Å². The van der Waals surface area contributed by atoms with E-state index in [1.54, 1.807) is 0 Å². The van der Waals surface area contributed by atoms with Gasteiger partial charge in [0.1, 0.15) is 0 Å². The topological polar surface area (TPSA) is 26.3 Å². The van der Waals surface area contributed by atoms with Gasteiger partial charge in [-0.25, -0.2) is 0 Å². The molecule has 0 rings (SSSR count). The second kappa shape index (κ2) is 3.19. The van der Waals surface area contributed by atoms with Crippen LogP contribution in [0, 0.1) is 0 Å². The molecule has 0 aromatic carbocycles. The van der Waals surface area contributed by atoms with E-state index in [-0.39, 0.29) is 5.97 Å². The molecule has 0 heterocycles. The van der Waals surface area contributed by atoms with Crippen LogP contribution in [0.1, 0.15) is 20.8 Å². The van der Waals surface area contributed by atoms with Gasteiger partial charge in [-0.2, -0.15) is 0 Å². The fourth-order valence-electron chi connectivity index (χ4n) is 0.488. The third kappa shape index (κ3) is 3.01. The molecule has 0 aliphatic carbocycles. The highest BCUT2D eigenvalue weighted by Crippen LogP contribution is 2.20. The van der Waals surface area contributed by atoms with Gasteiger partial charge in [0, 0.05) is 6.92 Å². The molecule has 2 nitrogen and oxygen atoms in total. The summed E-state index contributed by atoms with van der Waals surface area (Å²) < 4.78 is 5.20. The molecule has 0 radical (unpaired) electrons. The Bertz CT molecular complexity index is 130. The van der Waals surface area contributed by atoms with Crippen LogP contribution in [0.2, 0.25) is 18.6 Å². The van der Waals surface area contributed by atoms with Gasteiger partial charge in [-0.3, -0.25) is 4.79 Å². The number of hydrogen-bond donors (Lipinski definition) is 0. The third-order valence-corrected chi connectivity index (χ3v) is 5.39. The predicted molar refractivity (Wildman–Crippen MR) is 44.3 cm³/mol. The molecule has 0 aromatic heterocycles. The normalized spacial score (nSPS) is 11.8. The molecule has 0 fully saturated rings. The van der Waals surface area contributed by atoms with Crippen LogP contribution < -0.4 is 0 Å². The van der Waals surface area contributed by atoms with Crippen molar-refractivity contribution in [2.75, 3.05) is 0 Å². The van der Waals surface area contributed by atoms with Gasteiger partial charge < -0.3 is 4.43 Å². The van der Waals surface area contributed by atoms with E-state index in [9.17, 15) is 4.79 Å². The Balaban J connectivity index is 3.99. The van der Waals surface area contributed by atoms with E-state index in [0.29, 0.717) is 5.54 Å². The van der Waals surface area contributed by atoms with E-state index >= 15 is 0 Å². The summed E-state index contributed by atoms with van der Waals surface area (Å²) in [4.78, 5) is 10.6. The zero-order valence-electron chi connectivity index (χ0n) is 7.39. The lowest BCUT2D eigenvalue weighted by molar-refractivity contribution is -0.132. The number of carbonyl (C=O) groups excluding carboxylic acids is 1. The lowest BCUT2D eigenvalue weighted by Gasteiger charge is -2.25. The molecule has 10 heavy (non-hydrogen) atoms. The maximum atomic E-state index is 10.6. The lowest BCUT2D eigenvalue weighted by Crippen LogP contribution is -2.35. The number of carbonyl (C=O) groups is 1. The first kappa shape index (κ1) is 9.69. The van der Waals surface area contributed by atoms with Crippen molar-refractivity contribution in [3.05, 3.63) is 0 Å². The van der Waals surface area contributed by atoms with Gasteiger partial charge in [-0.05, 0) is 18.6 Å². The minimum atomic E-state index is -1.69. The fraction of sp³-hybridized carbons (Fsp3) is 0.857. The largest absolute Gasteiger partial charge is 0.520 e. The summed E-state index contributed by atoms with van der Waals surface area (Å²) in [7, 11) is -1.69. The average Bonchev–Trinajstić information content (AvgIpc) is 1.60. The molecule has 0 bridgehead atoms. The van der Waals surface area contributed by atoms with Crippen molar-refractivity contribution in [3.8, 4) is 0 Å². The first-order valence-corrected chi connectivity index (χ1v) is 6.54. The van der Waals surface area contributed by atoms with Gasteiger partial charge in [0.2, 0.25) is 0 Å². The Morgan fingerprint density at radius 1 is 1.40 bits per heavy atom. The van der Waals surface area contributed by atoms with Crippen molar-refractivity contribution in [1.82, 2.24) is 0 Å². The summed E-state index contributed by atoms with van der Waals surface area (Å²) >= 11 is 0. The standard InChI is InChI=1S/C7H16O2Si/c1-6(2)10(4,5)9-7(3)8/h6H,1-5H3. The first-order valence-electron chi connectivity index (χ1n) is 3.56. The van der Waals surface area contributed by atoms with Gasteiger partial charge in [0.15, 0.2) is 0 Å². The van der Waals surface area contributed by atoms with Crippen molar-refractivity contribution >= 4 is 14.3 Å². The quantitative estimate of drug-likeness (QED) is 0.579. The Morgan fingerprint density at radius 3 is 1.90 bits per heavy atom. The third-order valence-electron chi connectivity index (χ3n) is 1.80. The molecule has 0 unspecified atom stereocenters. The van der Waals surface area contributed by atoms with Crippen LogP contribution >= 0.6 is 0 Å². The fourth-order valence-corrected chi connectivity index (χ4v) is 1.46. The zero-order valence-corrected chi connectivity index (χ0v) is 8.39. The van der Waals surface area contributed by atoms with Gasteiger partial charge >= 0.3 is 0 Å². The van der Waals surface area contributed by atoms with Crippen LogP contribution in [0.15, 0.2) is 0 Å². The minimum absolute atomic E-state index is 0.148. The second-order valence-corrected chi connectivity index (χ2v) is 7.92. The second-order valence-electron chi connectivity index (χ2n) is 3.35. The van der Waals surface area contributed by atoms with E-state index in [2.05, 4.69) is 26.9 Å². The molecule has 0 atom stereocenters. The molecule has 0 saturated heterocycles.